The van der Waals surface area contributed by atoms with Crippen molar-refractivity contribution >= 4 is 17.0 Å². The third-order valence-corrected chi connectivity index (χ3v) is 3.36. The fraction of sp³-hybridized carbons (Fsp3) is 0.200. The summed E-state index contributed by atoms with van der Waals surface area (Å²) in [5, 5.41) is 0. The number of pyridine rings is 1. The van der Waals surface area contributed by atoms with Crippen LogP contribution < -0.4 is 10.5 Å². The number of nitrogen functional groups attached to an aromatic ring is 1. The average molecular weight is 286 g/mol. The molecule has 0 fully saturated rings. The molecule has 0 aliphatic carbocycles. The van der Waals surface area contributed by atoms with E-state index >= 15 is 0 Å². The minimum atomic E-state index is -0.452. The summed E-state index contributed by atoms with van der Waals surface area (Å²) in [4.78, 5) is 8.45. The van der Waals surface area contributed by atoms with Gasteiger partial charge in [-0.2, -0.15) is 0 Å². The highest BCUT2D eigenvalue weighted by atomic mass is 19.1. The van der Waals surface area contributed by atoms with Gasteiger partial charge in [0, 0.05) is 24.0 Å². The largest absolute Gasteiger partial charge is 0.494 e. The van der Waals surface area contributed by atoms with E-state index in [1.165, 1.54) is 13.2 Å². The maximum absolute atomic E-state index is 13.7. The Labute approximate surface area is 121 Å². The SMILES string of the molecule is COc1cc2c(cc1F)nc(N)n2Cc1ccc(C)nc1. The van der Waals surface area contributed by atoms with E-state index in [0.29, 0.717) is 18.0 Å². The van der Waals surface area contributed by atoms with Crippen LogP contribution in [0.25, 0.3) is 11.0 Å². The molecule has 2 aromatic heterocycles. The lowest BCUT2D eigenvalue weighted by molar-refractivity contribution is 0.387. The van der Waals surface area contributed by atoms with Crippen molar-refractivity contribution in [2.45, 2.75) is 13.5 Å². The predicted octanol–water partition coefficient (Wildman–Crippen LogP) is 2.52. The molecule has 0 amide bonds. The number of aromatic nitrogens is 3. The van der Waals surface area contributed by atoms with Crippen molar-refractivity contribution in [2.75, 3.05) is 12.8 Å². The summed E-state index contributed by atoms with van der Waals surface area (Å²) in [6.45, 7) is 2.45. The number of ether oxygens (including phenoxy) is 1. The van der Waals surface area contributed by atoms with Crippen LogP contribution in [0.15, 0.2) is 30.5 Å². The fourth-order valence-corrected chi connectivity index (χ4v) is 2.24. The van der Waals surface area contributed by atoms with Gasteiger partial charge < -0.3 is 15.0 Å². The van der Waals surface area contributed by atoms with Crippen LogP contribution in [0.1, 0.15) is 11.3 Å². The van der Waals surface area contributed by atoms with E-state index in [9.17, 15) is 4.39 Å². The number of halogens is 1. The number of anilines is 1. The molecule has 0 saturated carbocycles. The van der Waals surface area contributed by atoms with Crippen LogP contribution in [-0.2, 0) is 6.54 Å². The van der Waals surface area contributed by atoms with Gasteiger partial charge in [0.05, 0.1) is 24.7 Å². The Morgan fingerprint density at radius 3 is 2.81 bits per heavy atom. The highest BCUT2D eigenvalue weighted by molar-refractivity contribution is 5.80. The maximum Gasteiger partial charge on any atom is 0.201 e. The standard InChI is InChI=1S/C15H15FN4O/c1-9-3-4-10(7-18-9)8-20-13-6-14(21-2)11(16)5-12(13)19-15(20)17/h3-7H,8H2,1-2H3,(H2,17,19). The van der Waals surface area contributed by atoms with Gasteiger partial charge in [-0.3, -0.25) is 4.98 Å². The third kappa shape index (κ3) is 2.40. The molecule has 108 valence electrons. The molecule has 3 aromatic rings. The zero-order valence-electron chi connectivity index (χ0n) is 11.8. The number of aryl methyl sites for hydroxylation is 1. The van der Waals surface area contributed by atoms with Gasteiger partial charge in [-0.25, -0.2) is 9.37 Å². The molecule has 0 aliphatic heterocycles. The molecule has 0 aliphatic rings. The first kappa shape index (κ1) is 13.4. The molecule has 0 saturated heterocycles. The lowest BCUT2D eigenvalue weighted by Crippen LogP contribution is -2.05. The molecule has 2 heterocycles. The van der Waals surface area contributed by atoms with Crippen molar-refractivity contribution in [2.24, 2.45) is 0 Å². The Morgan fingerprint density at radius 2 is 2.14 bits per heavy atom. The van der Waals surface area contributed by atoms with E-state index in [-0.39, 0.29) is 5.75 Å². The molecule has 2 N–H and O–H groups in total. The van der Waals surface area contributed by atoms with Crippen LogP contribution in [-0.4, -0.2) is 21.6 Å². The number of nitrogens with zero attached hydrogens (tertiary/aromatic N) is 3. The fourth-order valence-electron chi connectivity index (χ4n) is 2.24. The molecular formula is C15H15FN4O. The minimum absolute atomic E-state index is 0.172. The topological polar surface area (TPSA) is 66.0 Å². The molecule has 0 radical (unpaired) electrons. The molecule has 5 nitrogen and oxygen atoms in total. The van der Waals surface area contributed by atoms with Crippen LogP contribution in [0.2, 0.25) is 0 Å². The number of imidazole rings is 1. The molecule has 1 aromatic carbocycles. The van der Waals surface area contributed by atoms with Crippen molar-refractivity contribution in [1.82, 2.24) is 14.5 Å². The Morgan fingerprint density at radius 1 is 1.33 bits per heavy atom. The number of nitrogens with two attached hydrogens (primary N) is 1. The van der Waals surface area contributed by atoms with E-state index in [2.05, 4.69) is 9.97 Å². The predicted molar refractivity (Wildman–Crippen MR) is 78.7 cm³/mol. The van der Waals surface area contributed by atoms with Gasteiger partial charge >= 0.3 is 0 Å². The van der Waals surface area contributed by atoms with E-state index in [4.69, 9.17) is 10.5 Å². The third-order valence-electron chi connectivity index (χ3n) is 3.36. The molecule has 6 heteroatoms. The van der Waals surface area contributed by atoms with Gasteiger partial charge in [-0.05, 0) is 18.6 Å². The quantitative estimate of drug-likeness (QED) is 0.803. The Kier molecular flexibility index (Phi) is 3.21. The molecule has 0 unspecified atom stereocenters. The van der Waals surface area contributed by atoms with Gasteiger partial charge in [0.15, 0.2) is 11.6 Å². The molecule has 21 heavy (non-hydrogen) atoms. The van der Waals surface area contributed by atoms with Gasteiger partial charge in [0.2, 0.25) is 5.95 Å². The van der Waals surface area contributed by atoms with Gasteiger partial charge in [0.25, 0.3) is 0 Å². The first-order valence-electron chi connectivity index (χ1n) is 6.49. The number of hydrogen-bond acceptors (Lipinski definition) is 4. The zero-order chi connectivity index (χ0) is 15.0. The molecule has 0 atom stereocenters. The molecule has 3 rings (SSSR count). The van der Waals surface area contributed by atoms with Crippen LogP contribution >= 0.6 is 0 Å². The average Bonchev–Trinajstić information content (AvgIpc) is 2.75. The Bertz CT molecular complexity index is 796. The molecule has 0 spiro atoms. The van der Waals surface area contributed by atoms with Crippen LogP contribution in [0, 0.1) is 12.7 Å². The Hall–Kier alpha value is -2.63. The number of benzene rings is 1. The van der Waals surface area contributed by atoms with Crippen LogP contribution in [0.4, 0.5) is 10.3 Å². The van der Waals surface area contributed by atoms with E-state index < -0.39 is 5.82 Å². The van der Waals surface area contributed by atoms with Crippen LogP contribution in [0.3, 0.4) is 0 Å². The van der Waals surface area contributed by atoms with E-state index in [1.54, 1.807) is 12.3 Å². The lowest BCUT2D eigenvalue weighted by Gasteiger charge is -2.08. The van der Waals surface area contributed by atoms with E-state index in [1.807, 2.05) is 23.6 Å². The smallest absolute Gasteiger partial charge is 0.201 e. The summed E-state index contributed by atoms with van der Waals surface area (Å²) in [6, 6.07) is 6.85. The van der Waals surface area contributed by atoms with Crippen molar-refractivity contribution in [1.29, 1.82) is 0 Å². The molecular weight excluding hydrogens is 271 g/mol. The first-order chi connectivity index (χ1) is 10.1. The lowest BCUT2D eigenvalue weighted by atomic mass is 10.2. The monoisotopic (exact) mass is 286 g/mol. The van der Waals surface area contributed by atoms with Gasteiger partial charge in [0.1, 0.15) is 0 Å². The van der Waals surface area contributed by atoms with Crippen LogP contribution in [0.5, 0.6) is 5.75 Å². The maximum atomic E-state index is 13.7. The normalized spacial score (nSPS) is 11.0. The first-order valence-corrected chi connectivity index (χ1v) is 6.49. The van der Waals surface area contributed by atoms with Crippen molar-refractivity contribution < 1.29 is 9.13 Å². The Balaban J connectivity index is 2.08. The second-order valence-electron chi connectivity index (χ2n) is 4.84. The highest BCUT2D eigenvalue weighted by Crippen LogP contribution is 2.26. The number of hydrogen-bond donors (Lipinski definition) is 1. The second-order valence-corrected chi connectivity index (χ2v) is 4.84. The minimum Gasteiger partial charge on any atom is -0.494 e. The zero-order valence-corrected chi connectivity index (χ0v) is 11.8. The number of methoxy groups -OCH3 is 1. The summed E-state index contributed by atoms with van der Waals surface area (Å²) < 4.78 is 20.5. The van der Waals surface area contributed by atoms with Gasteiger partial charge in [-0.15, -0.1) is 0 Å². The summed E-state index contributed by atoms with van der Waals surface area (Å²) in [5.74, 6) is 0.0514. The molecule has 0 bridgehead atoms. The van der Waals surface area contributed by atoms with E-state index in [0.717, 1.165) is 16.8 Å². The second kappa shape index (κ2) is 5.05. The van der Waals surface area contributed by atoms with Gasteiger partial charge in [-0.1, -0.05) is 6.07 Å². The van der Waals surface area contributed by atoms with Crippen molar-refractivity contribution in [3.63, 3.8) is 0 Å². The number of rotatable bonds is 3. The van der Waals surface area contributed by atoms with Crippen molar-refractivity contribution in [3.05, 3.63) is 47.5 Å². The number of fused-ring (bicyclic) bond motifs is 1. The summed E-state index contributed by atoms with van der Waals surface area (Å²) in [7, 11) is 1.43. The summed E-state index contributed by atoms with van der Waals surface area (Å²) in [5.41, 5.74) is 9.12. The summed E-state index contributed by atoms with van der Waals surface area (Å²) in [6.07, 6.45) is 1.79. The highest BCUT2D eigenvalue weighted by Gasteiger charge is 2.13. The van der Waals surface area contributed by atoms with Crippen molar-refractivity contribution in [3.8, 4) is 5.75 Å². The summed E-state index contributed by atoms with van der Waals surface area (Å²) >= 11 is 0.